The van der Waals surface area contributed by atoms with E-state index in [0.717, 1.165) is 49.5 Å². The van der Waals surface area contributed by atoms with E-state index < -0.39 is 5.60 Å². The maximum absolute atomic E-state index is 11.6. The fourth-order valence-electron chi connectivity index (χ4n) is 6.12. The van der Waals surface area contributed by atoms with Gasteiger partial charge in [0.2, 0.25) is 0 Å². The molecule has 154 valence electrons. The Balaban J connectivity index is 1.37. The number of aromatic nitrogens is 1. The molecule has 1 N–H and O–H groups in total. The first-order valence-electron chi connectivity index (χ1n) is 11.1. The van der Waals surface area contributed by atoms with E-state index in [4.69, 9.17) is 4.74 Å². The topological polar surface area (TPSA) is 45.6 Å². The van der Waals surface area contributed by atoms with Gasteiger partial charge in [0.25, 0.3) is 0 Å². The molecule has 2 aliphatic carbocycles. The number of likely N-dealkylation sites (tertiary alicyclic amines) is 1. The number of nitrogens with zero attached hydrogens (tertiary/aromatic N) is 2. The van der Waals surface area contributed by atoms with Crippen LogP contribution in [0, 0.1) is 18.8 Å². The van der Waals surface area contributed by atoms with Crippen molar-refractivity contribution in [3.8, 4) is 5.75 Å². The summed E-state index contributed by atoms with van der Waals surface area (Å²) in [6.07, 6.45) is 8.68. The summed E-state index contributed by atoms with van der Waals surface area (Å²) in [5, 5.41) is 11.6. The Morgan fingerprint density at radius 3 is 2.76 bits per heavy atom. The van der Waals surface area contributed by atoms with Crippen LogP contribution >= 0.6 is 0 Å². The molecule has 1 saturated carbocycles. The molecular formula is C25H32N2O2. The number of methoxy groups -OCH3 is 1. The SMILES string of the molecule is COc1cc2c(cc1CN1C[C@@H]3CC[C@@](O)(c4ncccc4C)[C@@H]3C1)CCCC2. The van der Waals surface area contributed by atoms with Gasteiger partial charge in [-0.1, -0.05) is 12.1 Å². The van der Waals surface area contributed by atoms with Gasteiger partial charge in [0.15, 0.2) is 0 Å². The third-order valence-electron chi connectivity index (χ3n) is 7.58. The molecule has 0 unspecified atom stereocenters. The second-order valence-corrected chi connectivity index (χ2v) is 9.33. The van der Waals surface area contributed by atoms with Gasteiger partial charge in [0.1, 0.15) is 11.4 Å². The molecule has 2 fully saturated rings. The monoisotopic (exact) mass is 392 g/mol. The first-order chi connectivity index (χ1) is 14.1. The van der Waals surface area contributed by atoms with Crippen LogP contribution in [-0.2, 0) is 25.0 Å². The van der Waals surface area contributed by atoms with Gasteiger partial charge in [-0.25, -0.2) is 0 Å². The van der Waals surface area contributed by atoms with E-state index in [2.05, 4.69) is 35.0 Å². The number of aliphatic hydroxyl groups is 1. The third kappa shape index (κ3) is 3.27. The van der Waals surface area contributed by atoms with Crippen molar-refractivity contribution in [3.05, 3.63) is 58.4 Å². The van der Waals surface area contributed by atoms with E-state index in [-0.39, 0.29) is 5.92 Å². The summed E-state index contributed by atoms with van der Waals surface area (Å²) in [5.41, 5.74) is 5.48. The van der Waals surface area contributed by atoms with E-state index in [9.17, 15) is 5.11 Å². The largest absolute Gasteiger partial charge is 0.496 e. The van der Waals surface area contributed by atoms with Crippen molar-refractivity contribution < 1.29 is 9.84 Å². The number of rotatable bonds is 4. The summed E-state index contributed by atoms with van der Waals surface area (Å²) >= 11 is 0. The number of benzene rings is 1. The Hall–Kier alpha value is -1.91. The molecular weight excluding hydrogens is 360 g/mol. The third-order valence-corrected chi connectivity index (χ3v) is 7.58. The van der Waals surface area contributed by atoms with Crippen LogP contribution < -0.4 is 4.74 Å². The minimum Gasteiger partial charge on any atom is -0.496 e. The van der Waals surface area contributed by atoms with Crippen molar-refractivity contribution in [1.29, 1.82) is 0 Å². The fourth-order valence-corrected chi connectivity index (χ4v) is 6.12. The zero-order chi connectivity index (χ0) is 20.0. The first-order valence-corrected chi connectivity index (χ1v) is 11.1. The Morgan fingerprint density at radius 2 is 2.00 bits per heavy atom. The molecule has 2 aromatic rings. The van der Waals surface area contributed by atoms with Gasteiger partial charge >= 0.3 is 0 Å². The maximum atomic E-state index is 11.6. The Morgan fingerprint density at radius 1 is 1.21 bits per heavy atom. The van der Waals surface area contributed by atoms with Gasteiger partial charge in [-0.3, -0.25) is 9.88 Å². The molecule has 4 nitrogen and oxygen atoms in total. The number of ether oxygens (including phenoxy) is 1. The van der Waals surface area contributed by atoms with Crippen molar-refractivity contribution in [1.82, 2.24) is 9.88 Å². The molecule has 5 rings (SSSR count). The molecule has 0 bridgehead atoms. The lowest BCUT2D eigenvalue weighted by Crippen LogP contribution is -2.36. The van der Waals surface area contributed by atoms with Crippen molar-refractivity contribution >= 4 is 0 Å². The van der Waals surface area contributed by atoms with Crippen LogP contribution in [0.1, 0.15) is 53.6 Å². The summed E-state index contributed by atoms with van der Waals surface area (Å²) in [4.78, 5) is 7.11. The summed E-state index contributed by atoms with van der Waals surface area (Å²) in [7, 11) is 1.79. The molecule has 0 amide bonds. The van der Waals surface area contributed by atoms with Gasteiger partial charge < -0.3 is 9.84 Å². The van der Waals surface area contributed by atoms with Crippen LogP contribution in [0.25, 0.3) is 0 Å². The molecule has 1 aromatic heterocycles. The molecule has 1 aromatic carbocycles. The predicted molar refractivity (Wildman–Crippen MR) is 114 cm³/mol. The highest BCUT2D eigenvalue weighted by atomic mass is 16.5. The van der Waals surface area contributed by atoms with Crippen molar-refractivity contribution in [2.45, 2.75) is 57.6 Å². The lowest BCUT2D eigenvalue weighted by molar-refractivity contribution is -0.0114. The normalized spacial score (nSPS) is 28.9. The first kappa shape index (κ1) is 19.1. The average molecular weight is 393 g/mol. The number of hydrogen-bond donors (Lipinski definition) is 1. The molecule has 1 saturated heterocycles. The molecule has 1 aliphatic heterocycles. The molecule has 29 heavy (non-hydrogen) atoms. The zero-order valence-corrected chi connectivity index (χ0v) is 17.7. The van der Waals surface area contributed by atoms with Crippen LogP contribution in [0.3, 0.4) is 0 Å². The van der Waals surface area contributed by atoms with Gasteiger partial charge in [0.05, 0.1) is 12.8 Å². The Bertz CT molecular complexity index is 912. The smallest absolute Gasteiger partial charge is 0.123 e. The maximum Gasteiger partial charge on any atom is 0.123 e. The van der Waals surface area contributed by atoms with E-state index in [1.165, 1.54) is 42.4 Å². The van der Waals surface area contributed by atoms with Gasteiger partial charge in [-0.15, -0.1) is 0 Å². The molecule has 3 aliphatic rings. The molecule has 4 heteroatoms. The molecule has 0 radical (unpaired) electrons. The van der Waals surface area contributed by atoms with E-state index in [0.29, 0.717) is 5.92 Å². The highest BCUT2D eigenvalue weighted by Gasteiger charge is 2.53. The van der Waals surface area contributed by atoms with E-state index in [1.807, 2.05) is 12.3 Å². The molecule has 0 spiro atoms. The summed E-state index contributed by atoms with van der Waals surface area (Å²) < 4.78 is 5.76. The van der Waals surface area contributed by atoms with Crippen LogP contribution in [0.15, 0.2) is 30.5 Å². The number of aryl methyl sites for hydroxylation is 3. The highest BCUT2D eigenvalue weighted by molar-refractivity contribution is 5.44. The minimum absolute atomic E-state index is 0.264. The Labute approximate surface area is 173 Å². The minimum atomic E-state index is -0.787. The second-order valence-electron chi connectivity index (χ2n) is 9.33. The van der Waals surface area contributed by atoms with Crippen LogP contribution in [0.4, 0.5) is 0 Å². The van der Waals surface area contributed by atoms with E-state index in [1.54, 1.807) is 7.11 Å². The van der Waals surface area contributed by atoms with E-state index >= 15 is 0 Å². The molecule has 3 atom stereocenters. The van der Waals surface area contributed by atoms with Crippen molar-refractivity contribution in [3.63, 3.8) is 0 Å². The summed E-state index contributed by atoms with van der Waals surface area (Å²) in [6.45, 7) is 4.95. The van der Waals surface area contributed by atoms with Crippen molar-refractivity contribution in [2.24, 2.45) is 11.8 Å². The van der Waals surface area contributed by atoms with Crippen LogP contribution in [0.2, 0.25) is 0 Å². The molecule has 2 heterocycles. The average Bonchev–Trinajstić information content (AvgIpc) is 3.28. The number of pyridine rings is 1. The lowest BCUT2D eigenvalue weighted by Gasteiger charge is -2.31. The van der Waals surface area contributed by atoms with Crippen LogP contribution in [-0.4, -0.2) is 35.2 Å². The number of hydrogen-bond acceptors (Lipinski definition) is 4. The van der Waals surface area contributed by atoms with Gasteiger partial charge in [0, 0.05) is 37.3 Å². The van der Waals surface area contributed by atoms with Gasteiger partial charge in [-0.05, 0) is 80.2 Å². The summed E-state index contributed by atoms with van der Waals surface area (Å²) in [6, 6.07) is 8.68. The van der Waals surface area contributed by atoms with Crippen LogP contribution in [0.5, 0.6) is 5.75 Å². The number of fused-ring (bicyclic) bond motifs is 2. The standard InChI is InChI=1S/C25H32N2O2/c1-17-6-5-11-26-24(17)25(28)10-9-20-14-27(16-22(20)25)15-21-12-18-7-3-4-8-19(18)13-23(21)29-2/h5-6,11-13,20,22,28H,3-4,7-10,14-16H2,1-2H3/t20-,22+,25-/m0/s1. The van der Waals surface area contributed by atoms with Crippen molar-refractivity contribution in [2.75, 3.05) is 20.2 Å². The quantitative estimate of drug-likeness (QED) is 0.854. The lowest BCUT2D eigenvalue weighted by atomic mass is 9.83. The Kier molecular flexibility index (Phi) is 4.87. The highest BCUT2D eigenvalue weighted by Crippen LogP contribution is 2.51. The van der Waals surface area contributed by atoms with Gasteiger partial charge in [-0.2, -0.15) is 0 Å². The zero-order valence-electron chi connectivity index (χ0n) is 17.7. The summed E-state index contributed by atoms with van der Waals surface area (Å²) in [5.74, 6) is 1.84. The fraction of sp³-hybridized carbons (Fsp3) is 0.560. The predicted octanol–water partition coefficient (Wildman–Crippen LogP) is 4.01. The second kappa shape index (κ2) is 7.41.